The number of imidazole rings is 1. The zero-order valence-electron chi connectivity index (χ0n) is 13.6. The molecule has 1 aliphatic rings. The van der Waals surface area contributed by atoms with Crippen molar-refractivity contribution >= 4 is 22.7 Å². The molecule has 26 heavy (non-hydrogen) atoms. The predicted molar refractivity (Wildman–Crippen MR) is 94.3 cm³/mol. The summed E-state index contributed by atoms with van der Waals surface area (Å²) >= 11 is 0. The Morgan fingerprint density at radius 2 is 2.08 bits per heavy atom. The van der Waals surface area contributed by atoms with Crippen LogP contribution in [0.3, 0.4) is 0 Å². The van der Waals surface area contributed by atoms with E-state index in [1.54, 1.807) is 4.57 Å². The number of nitrogens with one attached hydrogen (secondary N) is 1. The molecule has 0 spiro atoms. The average Bonchev–Trinajstić information content (AvgIpc) is 3.19. The van der Waals surface area contributed by atoms with Gasteiger partial charge < -0.3 is 20.3 Å². The molecule has 4 rings (SSSR count). The van der Waals surface area contributed by atoms with Gasteiger partial charge in [-0.25, -0.2) is 15.0 Å². The molecular formula is C18H16N5O3. The van der Waals surface area contributed by atoms with Gasteiger partial charge in [-0.15, -0.1) is 6.42 Å². The third-order valence-corrected chi connectivity index (χ3v) is 4.26. The van der Waals surface area contributed by atoms with E-state index in [0.717, 1.165) is 11.3 Å². The molecule has 8 nitrogen and oxygen atoms in total. The first kappa shape index (κ1) is 16.5. The van der Waals surface area contributed by atoms with Gasteiger partial charge in [0.15, 0.2) is 23.2 Å². The number of ether oxygens (including phenoxy) is 1. The molecule has 1 aliphatic heterocycles. The summed E-state index contributed by atoms with van der Waals surface area (Å²) in [5.74, 6) is 3.07. The van der Waals surface area contributed by atoms with Crippen LogP contribution >= 0.6 is 0 Å². The molecule has 1 radical (unpaired) electrons. The molecule has 0 unspecified atom stereocenters. The fourth-order valence-electron chi connectivity index (χ4n) is 2.91. The van der Waals surface area contributed by atoms with Crippen molar-refractivity contribution in [2.45, 2.75) is 24.5 Å². The van der Waals surface area contributed by atoms with E-state index in [1.807, 2.05) is 24.3 Å². The first-order chi connectivity index (χ1) is 12.6. The predicted octanol–water partition coefficient (Wildman–Crippen LogP) is 1.00. The Hall–Kier alpha value is -2.99. The van der Waals surface area contributed by atoms with Gasteiger partial charge in [0.1, 0.15) is 18.5 Å². The van der Waals surface area contributed by atoms with Crippen molar-refractivity contribution in [3.05, 3.63) is 49.4 Å². The Bertz CT molecular complexity index is 996. The minimum Gasteiger partial charge on any atom is -0.388 e. The molecule has 1 aromatic carbocycles. The summed E-state index contributed by atoms with van der Waals surface area (Å²) in [6.07, 6.45) is 4.52. The maximum Gasteiger partial charge on any atom is 0.167 e. The molecule has 4 atom stereocenters. The van der Waals surface area contributed by atoms with E-state index >= 15 is 0 Å². The first-order valence-corrected chi connectivity index (χ1v) is 7.94. The molecule has 0 aliphatic carbocycles. The zero-order chi connectivity index (χ0) is 18.3. The molecule has 1 saturated heterocycles. The second-order valence-corrected chi connectivity index (χ2v) is 5.94. The maximum atomic E-state index is 10.2. The number of nitrogens with zero attached hydrogens (tertiary/aromatic N) is 4. The largest absolute Gasteiger partial charge is 0.388 e. The number of hydrogen-bond donors (Lipinski definition) is 3. The van der Waals surface area contributed by atoms with E-state index in [1.165, 1.54) is 12.7 Å². The summed E-state index contributed by atoms with van der Waals surface area (Å²) in [5.41, 5.74) is 2.46. The molecule has 0 saturated carbocycles. The van der Waals surface area contributed by atoms with E-state index in [0.29, 0.717) is 17.0 Å². The Morgan fingerprint density at radius 1 is 1.23 bits per heavy atom. The second-order valence-electron chi connectivity index (χ2n) is 5.94. The summed E-state index contributed by atoms with van der Waals surface area (Å²) in [6, 6.07) is 7.35. The summed E-state index contributed by atoms with van der Waals surface area (Å²) in [5, 5.41) is 23.2. The highest BCUT2D eigenvalue weighted by Crippen LogP contribution is 2.32. The molecule has 8 heteroatoms. The van der Waals surface area contributed by atoms with Gasteiger partial charge in [-0.1, -0.05) is 12.0 Å². The van der Waals surface area contributed by atoms with Crippen molar-refractivity contribution in [1.82, 2.24) is 19.5 Å². The molecule has 0 amide bonds. The summed E-state index contributed by atoms with van der Waals surface area (Å²) in [6.45, 7) is 3.67. The highest BCUT2D eigenvalue weighted by molar-refractivity contribution is 5.85. The number of anilines is 2. The Balaban J connectivity index is 1.71. The smallest absolute Gasteiger partial charge is 0.167 e. The van der Waals surface area contributed by atoms with Gasteiger partial charge in [0, 0.05) is 11.3 Å². The lowest BCUT2D eigenvalue weighted by Gasteiger charge is -2.16. The number of terminal acetylenes is 1. The lowest BCUT2D eigenvalue weighted by Crippen LogP contribution is -2.30. The number of benzene rings is 1. The van der Waals surface area contributed by atoms with Gasteiger partial charge in [-0.05, 0) is 25.1 Å². The van der Waals surface area contributed by atoms with Crippen LogP contribution in [-0.2, 0) is 4.74 Å². The number of aliphatic hydroxyl groups is 2. The Labute approximate surface area is 149 Å². The Kier molecular flexibility index (Phi) is 4.05. The third kappa shape index (κ3) is 2.68. The standard InChI is InChI=1S/C18H16N5O3/c1-3-11-5-4-6-12(7-11)22-16-13-17(20-8-19-16)23(9-21-13)18-15(25)14(24)10(2)26-18/h1,4-10,14-15,18,24-25H,2H2,(H,19,20,22)/t10-,14-,15-,18-/m1/s1. The zero-order valence-corrected chi connectivity index (χ0v) is 13.6. The highest BCUT2D eigenvalue weighted by Gasteiger charge is 2.42. The number of fused-ring (bicyclic) bond motifs is 1. The van der Waals surface area contributed by atoms with Crippen LogP contribution in [0, 0.1) is 19.3 Å². The van der Waals surface area contributed by atoms with Crippen LogP contribution in [0.15, 0.2) is 36.9 Å². The van der Waals surface area contributed by atoms with Crippen LogP contribution in [0.2, 0.25) is 0 Å². The van der Waals surface area contributed by atoms with E-state index in [4.69, 9.17) is 11.2 Å². The van der Waals surface area contributed by atoms with Crippen LogP contribution in [0.25, 0.3) is 11.2 Å². The van der Waals surface area contributed by atoms with Crippen LogP contribution in [0.1, 0.15) is 11.8 Å². The van der Waals surface area contributed by atoms with E-state index in [-0.39, 0.29) is 0 Å². The molecule has 131 valence electrons. The molecule has 3 aromatic rings. The fourth-order valence-corrected chi connectivity index (χ4v) is 2.91. The Morgan fingerprint density at radius 3 is 2.81 bits per heavy atom. The minimum atomic E-state index is -1.13. The normalized spacial score (nSPS) is 25.3. The van der Waals surface area contributed by atoms with Gasteiger partial charge in [-0.3, -0.25) is 4.57 Å². The van der Waals surface area contributed by atoms with Crippen molar-refractivity contribution < 1.29 is 14.9 Å². The van der Waals surface area contributed by atoms with Gasteiger partial charge in [0.2, 0.25) is 0 Å². The van der Waals surface area contributed by atoms with Crippen molar-refractivity contribution in [2.24, 2.45) is 0 Å². The van der Waals surface area contributed by atoms with Crippen molar-refractivity contribution in [1.29, 1.82) is 0 Å². The number of aromatic nitrogens is 4. The van der Waals surface area contributed by atoms with Crippen LogP contribution in [0.4, 0.5) is 11.5 Å². The van der Waals surface area contributed by atoms with Gasteiger partial charge in [0.05, 0.1) is 12.4 Å². The molecule has 2 aromatic heterocycles. The summed E-state index contributed by atoms with van der Waals surface area (Å²) in [7, 11) is 0. The fraction of sp³-hybridized carbons (Fsp3) is 0.222. The molecule has 3 heterocycles. The third-order valence-electron chi connectivity index (χ3n) is 4.26. The summed E-state index contributed by atoms with van der Waals surface area (Å²) in [4.78, 5) is 12.8. The monoisotopic (exact) mass is 350 g/mol. The van der Waals surface area contributed by atoms with E-state index in [9.17, 15) is 10.2 Å². The van der Waals surface area contributed by atoms with Crippen molar-refractivity contribution in [2.75, 3.05) is 5.32 Å². The van der Waals surface area contributed by atoms with Crippen molar-refractivity contribution in [3.8, 4) is 12.3 Å². The number of hydrogen-bond acceptors (Lipinski definition) is 7. The minimum absolute atomic E-state index is 0.459. The van der Waals surface area contributed by atoms with Crippen molar-refractivity contribution in [3.63, 3.8) is 0 Å². The van der Waals surface area contributed by atoms with Gasteiger partial charge >= 0.3 is 0 Å². The van der Waals surface area contributed by atoms with Gasteiger partial charge in [0.25, 0.3) is 0 Å². The SMILES string of the molecule is C#Cc1cccc(Nc2ncnc3c2ncn3[C@@H]2O[C@H]([CH2])[C@@H](O)[C@H]2O)c1. The van der Waals surface area contributed by atoms with Gasteiger partial charge in [-0.2, -0.15) is 0 Å². The molecule has 0 bridgehead atoms. The molecule has 3 N–H and O–H groups in total. The number of rotatable bonds is 3. The van der Waals surface area contributed by atoms with Crippen LogP contribution in [0.5, 0.6) is 0 Å². The average molecular weight is 350 g/mol. The first-order valence-electron chi connectivity index (χ1n) is 7.94. The number of aliphatic hydroxyl groups excluding tert-OH is 2. The topological polar surface area (TPSA) is 105 Å². The molecule has 1 fully saturated rings. The van der Waals surface area contributed by atoms with Crippen LogP contribution < -0.4 is 5.32 Å². The summed E-state index contributed by atoms with van der Waals surface area (Å²) < 4.78 is 7.09. The lowest BCUT2D eigenvalue weighted by atomic mass is 10.1. The van der Waals surface area contributed by atoms with E-state index in [2.05, 4.69) is 33.1 Å². The highest BCUT2D eigenvalue weighted by atomic mass is 16.6. The quantitative estimate of drug-likeness (QED) is 0.605. The lowest BCUT2D eigenvalue weighted by molar-refractivity contribution is -0.0249. The second kappa shape index (κ2) is 6.38. The van der Waals surface area contributed by atoms with E-state index < -0.39 is 24.5 Å². The maximum absolute atomic E-state index is 10.2. The molecular weight excluding hydrogens is 334 g/mol. The van der Waals surface area contributed by atoms with Crippen LogP contribution in [-0.4, -0.2) is 48.0 Å².